The van der Waals surface area contributed by atoms with E-state index in [1.54, 1.807) is 24.4 Å². The number of fused-ring (bicyclic) bond motifs is 1. The van der Waals surface area contributed by atoms with Crippen LogP contribution >= 0.6 is 0 Å². The Balaban J connectivity index is 1.71. The highest BCUT2D eigenvalue weighted by atomic mass is 16.5. The summed E-state index contributed by atoms with van der Waals surface area (Å²) in [5.41, 5.74) is 6.72. The van der Waals surface area contributed by atoms with E-state index in [0.29, 0.717) is 35.8 Å². The van der Waals surface area contributed by atoms with Crippen LogP contribution in [-0.2, 0) is 7.05 Å². The second-order valence-corrected chi connectivity index (χ2v) is 6.52. The summed E-state index contributed by atoms with van der Waals surface area (Å²) in [7, 11) is 1.87. The molecule has 0 unspecified atom stereocenters. The lowest BCUT2D eigenvalue weighted by Crippen LogP contribution is -2.41. The predicted molar refractivity (Wildman–Crippen MR) is 111 cm³/mol. The molecule has 2 aromatic carbocycles. The standard InChI is InChI=1S/C22H25N3O4/c1-4-12-29-19-11-10-15(13-20(19)28-5-2)21(26)23-24-22(27)17-14-25(3)18-9-7-6-8-16(17)18/h6-11,13-14H,4-5,12H2,1-3H3,(H,23,26)(H,24,27). The van der Waals surface area contributed by atoms with E-state index in [0.717, 1.165) is 17.3 Å². The normalized spacial score (nSPS) is 10.6. The molecule has 0 aliphatic rings. The Bertz CT molecular complexity index is 1030. The molecule has 1 aromatic heterocycles. The number of nitrogens with zero attached hydrogens (tertiary/aromatic N) is 1. The predicted octanol–water partition coefficient (Wildman–Crippen LogP) is 3.44. The van der Waals surface area contributed by atoms with Crippen molar-refractivity contribution in [3.8, 4) is 11.5 Å². The minimum absolute atomic E-state index is 0.357. The number of rotatable bonds is 7. The van der Waals surface area contributed by atoms with Gasteiger partial charge >= 0.3 is 0 Å². The molecular weight excluding hydrogens is 370 g/mol. The van der Waals surface area contributed by atoms with Crippen LogP contribution in [0.4, 0.5) is 0 Å². The first-order valence-electron chi connectivity index (χ1n) is 9.59. The monoisotopic (exact) mass is 395 g/mol. The van der Waals surface area contributed by atoms with E-state index in [1.807, 2.05) is 49.7 Å². The molecule has 0 fully saturated rings. The molecule has 7 heteroatoms. The average molecular weight is 395 g/mol. The van der Waals surface area contributed by atoms with Crippen LogP contribution in [0, 0.1) is 0 Å². The van der Waals surface area contributed by atoms with Gasteiger partial charge in [-0.1, -0.05) is 25.1 Å². The zero-order chi connectivity index (χ0) is 20.8. The Labute approximate surface area is 169 Å². The third kappa shape index (κ3) is 4.51. The van der Waals surface area contributed by atoms with Crippen molar-refractivity contribution < 1.29 is 19.1 Å². The molecule has 152 valence electrons. The van der Waals surface area contributed by atoms with Crippen LogP contribution in [0.3, 0.4) is 0 Å². The van der Waals surface area contributed by atoms with Gasteiger partial charge in [-0.25, -0.2) is 0 Å². The van der Waals surface area contributed by atoms with Crippen molar-refractivity contribution in [2.75, 3.05) is 13.2 Å². The fourth-order valence-electron chi connectivity index (χ4n) is 3.02. The van der Waals surface area contributed by atoms with Crippen molar-refractivity contribution >= 4 is 22.7 Å². The number of para-hydroxylation sites is 1. The molecule has 2 amide bonds. The van der Waals surface area contributed by atoms with Crippen molar-refractivity contribution in [1.82, 2.24) is 15.4 Å². The summed E-state index contributed by atoms with van der Waals surface area (Å²) in [5, 5.41) is 0.817. The average Bonchev–Trinajstić information content (AvgIpc) is 3.08. The molecule has 0 spiro atoms. The summed E-state index contributed by atoms with van der Waals surface area (Å²) in [6.07, 6.45) is 2.60. The Morgan fingerprint density at radius 2 is 1.72 bits per heavy atom. The lowest BCUT2D eigenvalue weighted by molar-refractivity contribution is 0.0847. The maximum atomic E-state index is 12.6. The van der Waals surface area contributed by atoms with Crippen molar-refractivity contribution in [2.45, 2.75) is 20.3 Å². The summed E-state index contributed by atoms with van der Waals surface area (Å²) in [4.78, 5) is 25.1. The molecule has 0 aliphatic heterocycles. The van der Waals surface area contributed by atoms with Gasteiger partial charge < -0.3 is 14.0 Å². The molecule has 0 atom stereocenters. The first-order valence-corrected chi connectivity index (χ1v) is 9.59. The van der Waals surface area contributed by atoms with E-state index in [9.17, 15) is 9.59 Å². The first kappa shape index (κ1) is 20.3. The Hall–Kier alpha value is -3.48. The maximum Gasteiger partial charge on any atom is 0.271 e. The molecule has 0 radical (unpaired) electrons. The van der Waals surface area contributed by atoms with Crippen molar-refractivity contribution in [1.29, 1.82) is 0 Å². The second-order valence-electron chi connectivity index (χ2n) is 6.52. The summed E-state index contributed by atoms with van der Waals surface area (Å²) in [6.45, 7) is 4.89. The third-order valence-electron chi connectivity index (χ3n) is 4.40. The molecule has 0 aliphatic carbocycles. The van der Waals surface area contributed by atoms with Gasteiger partial charge in [-0.2, -0.15) is 0 Å². The number of aryl methyl sites for hydroxylation is 1. The molecule has 2 N–H and O–H groups in total. The second kappa shape index (κ2) is 9.14. The van der Waals surface area contributed by atoms with Crippen LogP contribution < -0.4 is 20.3 Å². The highest BCUT2D eigenvalue weighted by Gasteiger charge is 2.16. The topological polar surface area (TPSA) is 81.6 Å². The molecule has 29 heavy (non-hydrogen) atoms. The molecule has 7 nitrogen and oxygen atoms in total. The van der Waals surface area contributed by atoms with Crippen molar-refractivity contribution in [2.24, 2.45) is 7.05 Å². The van der Waals surface area contributed by atoms with Crippen LogP contribution in [0.5, 0.6) is 11.5 Å². The highest BCUT2D eigenvalue weighted by molar-refractivity contribution is 6.08. The number of hydrogen-bond acceptors (Lipinski definition) is 4. The number of carbonyl (C=O) groups excluding carboxylic acids is 2. The maximum absolute atomic E-state index is 12.6. The number of hydrazine groups is 1. The van der Waals surface area contributed by atoms with E-state index >= 15 is 0 Å². The largest absolute Gasteiger partial charge is 0.490 e. The summed E-state index contributed by atoms with van der Waals surface area (Å²) >= 11 is 0. The Kier molecular flexibility index (Phi) is 6.39. The number of carbonyl (C=O) groups is 2. The molecule has 3 aromatic rings. The number of hydrogen-bond donors (Lipinski definition) is 2. The zero-order valence-corrected chi connectivity index (χ0v) is 16.8. The van der Waals surface area contributed by atoms with Gasteiger partial charge in [-0.3, -0.25) is 20.4 Å². The van der Waals surface area contributed by atoms with Crippen molar-refractivity contribution in [3.05, 3.63) is 59.8 Å². The van der Waals surface area contributed by atoms with Crippen LogP contribution in [0.15, 0.2) is 48.7 Å². The molecule has 3 rings (SSSR count). The van der Waals surface area contributed by atoms with Crippen LogP contribution in [-0.4, -0.2) is 29.6 Å². The van der Waals surface area contributed by atoms with Gasteiger partial charge in [0.15, 0.2) is 11.5 Å². The fraction of sp³-hybridized carbons (Fsp3) is 0.273. The smallest absolute Gasteiger partial charge is 0.271 e. The van der Waals surface area contributed by atoms with Crippen LogP contribution in [0.25, 0.3) is 10.9 Å². The van der Waals surface area contributed by atoms with Crippen molar-refractivity contribution in [3.63, 3.8) is 0 Å². The molecule has 1 heterocycles. The third-order valence-corrected chi connectivity index (χ3v) is 4.40. The van der Waals surface area contributed by atoms with E-state index in [-0.39, 0.29) is 5.91 Å². The van der Waals surface area contributed by atoms with Crippen LogP contribution in [0.1, 0.15) is 41.0 Å². The van der Waals surface area contributed by atoms with E-state index in [1.165, 1.54) is 0 Å². The van der Waals surface area contributed by atoms with E-state index in [4.69, 9.17) is 9.47 Å². The van der Waals surface area contributed by atoms with E-state index < -0.39 is 5.91 Å². The number of benzene rings is 2. The van der Waals surface area contributed by atoms with Gasteiger partial charge in [0.2, 0.25) is 0 Å². The van der Waals surface area contributed by atoms with Gasteiger partial charge in [0.05, 0.1) is 18.8 Å². The molecule has 0 saturated heterocycles. The van der Waals surface area contributed by atoms with Crippen LogP contribution in [0.2, 0.25) is 0 Å². The van der Waals surface area contributed by atoms with E-state index in [2.05, 4.69) is 10.9 Å². The molecule has 0 saturated carbocycles. The minimum Gasteiger partial charge on any atom is -0.490 e. The highest BCUT2D eigenvalue weighted by Crippen LogP contribution is 2.28. The number of ether oxygens (including phenoxy) is 2. The molecular formula is C22H25N3O4. The fourth-order valence-corrected chi connectivity index (χ4v) is 3.02. The summed E-state index contributed by atoms with van der Waals surface area (Å²) < 4.78 is 13.1. The number of nitrogens with one attached hydrogen (secondary N) is 2. The SMILES string of the molecule is CCCOc1ccc(C(=O)NNC(=O)c2cn(C)c3ccccc23)cc1OCC. The quantitative estimate of drug-likeness (QED) is 0.601. The van der Waals surface area contributed by atoms with Gasteiger partial charge in [0.25, 0.3) is 11.8 Å². The Morgan fingerprint density at radius 1 is 0.966 bits per heavy atom. The summed E-state index contributed by atoms with van der Waals surface area (Å²) in [5.74, 6) is 0.253. The number of amides is 2. The lowest BCUT2D eigenvalue weighted by Gasteiger charge is -2.13. The Morgan fingerprint density at radius 3 is 2.48 bits per heavy atom. The first-order chi connectivity index (χ1) is 14.0. The van der Waals surface area contributed by atoms with Gasteiger partial charge in [0.1, 0.15) is 0 Å². The molecule has 0 bridgehead atoms. The summed E-state index contributed by atoms with van der Waals surface area (Å²) in [6, 6.07) is 12.5. The number of aromatic nitrogens is 1. The van der Waals surface area contributed by atoms with Gasteiger partial charge in [0, 0.05) is 29.7 Å². The minimum atomic E-state index is -0.443. The zero-order valence-electron chi connectivity index (χ0n) is 16.8. The lowest BCUT2D eigenvalue weighted by atomic mass is 10.1. The van der Waals surface area contributed by atoms with Gasteiger partial charge in [-0.05, 0) is 37.6 Å². The van der Waals surface area contributed by atoms with Gasteiger partial charge in [-0.15, -0.1) is 0 Å².